The summed E-state index contributed by atoms with van der Waals surface area (Å²) in [7, 11) is -2.98. The molecule has 0 saturated heterocycles. The summed E-state index contributed by atoms with van der Waals surface area (Å²) in [5.41, 5.74) is 8.26. The van der Waals surface area contributed by atoms with Gasteiger partial charge in [-0.2, -0.15) is 10.2 Å². The van der Waals surface area contributed by atoms with Crippen molar-refractivity contribution in [3.63, 3.8) is 0 Å². The van der Waals surface area contributed by atoms with Crippen molar-refractivity contribution in [3.05, 3.63) is 46.5 Å². The summed E-state index contributed by atoms with van der Waals surface area (Å²) in [4.78, 5) is 2.55. The first-order valence-electron chi connectivity index (χ1n) is 12.4. The van der Waals surface area contributed by atoms with Gasteiger partial charge in [0.1, 0.15) is 0 Å². The van der Waals surface area contributed by atoms with Crippen LogP contribution in [0, 0.1) is 13.8 Å². The predicted octanol–water partition coefficient (Wildman–Crippen LogP) is 5.67. The minimum Gasteiger partial charge on any atom is -0.371 e. The molecule has 178 valence electrons. The molecule has 2 aromatic carbocycles. The summed E-state index contributed by atoms with van der Waals surface area (Å²) >= 11 is 0. The molecule has 0 spiro atoms. The summed E-state index contributed by atoms with van der Waals surface area (Å²) < 4.78 is 18.5. The molecule has 4 rings (SSSR count). The Morgan fingerprint density at radius 3 is 1.67 bits per heavy atom. The van der Waals surface area contributed by atoms with Crippen LogP contribution in [0.3, 0.4) is 0 Å². The molecule has 2 aromatic rings. The first-order chi connectivity index (χ1) is 16.0. The van der Waals surface area contributed by atoms with E-state index in [-0.39, 0.29) is 0 Å². The molecule has 0 amide bonds. The van der Waals surface area contributed by atoms with Crippen molar-refractivity contribution in [1.29, 1.82) is 0 Å². The van der Waals surface area contributed by atoms with Gasteiger partial charge >= 0.3 is 8.80 Å². The van der Waals surface area contributed by atoms with E-state index in [9.17, 15) is 0 Å². The van der Waals surface area contributed by atoms with E-state index in [1.54, 1.807) is 0 Å². The SMILES string of the molecule is CCO[Si](OCC)(OCC)c1c(C)cc(/N=N/c2cc3c4c(c2)CCCN4CCC3)cc1C. The number of aryl methyl sites for hydroxylation is 4. The molecule has 2 aliphatic heterocycles. The topological polar surface area (TPSA) is 55.6 Å². The summed E-state index contributed by atoms with van der Waals surface area (Å²) in [5, 5.41) is 10.3. The Hall–Kier alpha value is -2.06. The fourth-order valence-electron chi connectivity index (χ4n) is 5.35. The van der Waals surface area contributed by atoms with Gasteiger partial charge in [-0.25, -0.2) is 0 Å². The van der Waals surface area contributed by atoms with Crippen molar-refractivity contribution in [2.24, 2.45) is 10.2 Å². The van der Waals surface area contributed by atoms with Crippen LogP contribution < -0.4 is 10.1 Å². The van der Waals surface area contributed by atoms with E-state index >= 15 is 0 Å². The number of hydrogen-bond acceptors (Lipinski definition) is 6. The maximum absolute atomic E-state index is 6.16. The van der Waals surface area contributed by atoms with Gasteiger partial charge in [-0.1, -0.05) is 0 Å². The highest BCUT2D eigenvalue weighted by Crippen LogP contribution is 2.38. The third-order valence-electron chi connectivity index (χ3n) is 6.42. The highest BCUT2D eigenvalue weighted by molar-refractivity contribution is 6.76. The Morgan fingerprint density at radius 1 is 0.758 bits per heavy atom. The molecule has 0 fully saturated rings. The molecule has 0 bridgehead atoms. The molecule has 7 heteroatoms. The summed E-state index contributed by atoms with van der Waals surface area (Å²) in [6.45, 7) is 14.1. The van der Waals surface area contributed by atoms with Gasteiger partial charge in [0.25, 0.3) is 0 Å². The summed E-state index contributed by atoms with van der Waals surface area (Å²) in [6, 6.07) is 8.58. The molecule has 0 aliphatic carbocycles. The highest BCUT2D eigenvalue weighted by atomic mass is 28.4. The van der Waals surface area contributed by atoms with Gasteiger partial charge in [0.15, 0.2) is 0 Å². The molecule has 0 atom stereocenters. The molecule has 0 radical (unpaired) electrons. The molecule has 2 heterocycles. The van der Waals surface area contributed by atoms with E-state index in [4.69, 9.17) is 13.3 Å². The second kappa shape index (κ2) is 10.5. The van der Waals surface area contributed by atoms with Crippen LogP contribution >= 0.6 is 0 Å². The quantitative estimate of drug-likeness (QED) is 0.352. The van der Waals surface area contributed by atoms with Crippen molar-refractivity contribution >= 4 is 31.1 Å². The predicted molar refractivity (Wildman–Crippen MR) is 136 cm³/mol. The van der Waals surface area contributed by atoms with Crippen LogP contribution in [0.25, 0.3) is 0 Å². The van der Waals surface area contributed by atoms with Crippen molar-refractivity contribution in [2.45, 2.75) is 60.3 Å². The first kappa shape index (κ1) is 24.1. The number of anilines is 1. The summed E-state index contributed by atoms with van der Waals surface area (Å²) in [5.74, 6) is 0. The van der Waals surface area contributed by atoms with Gasteiger partial charge in [-0.15, -0.1) is 0 Å². The molecule has 0 saturated carbocycles. The smallest absolute Gasteiger partial charge is 0.371 e. The Bertz CT molecular complexity index is 953. The van der Waals surface area contributed by atoms with Gasteiger partial charge in [-0.05, 0) is 107 Å². The Balaban J connectivity index is 1.65. The number of nitrogens with zero attached hydrogens (tertiary/aromatic N) is 3. The van der Waals surface area contributed by atoms with Gasteiger partial charge in [-0.3, -0.25) is 0 Å². The van der Waals surface area contributed by atoms with Crippen LogP contribution in [-0.2, 0) is 26.1 Å². The Morgan fingerprint density at radius 2 is 1.21 bits per heavy atom. The highest BCUT2D eigenvalue weighted by Gasteiger charge is 2.45. The average molecular weight is 468 g/mol. The first-order valence-corrected chi connectivity index (χ1v) is 14.1. The van der Waals surface area contributed by atoms with E-state index in [1.807, 2.05) is 20.8 Å². The second-order valence-electron chi connectivity index (χ2n) is 8.82. The maximum Gasteiger partial charge on any atom is 0.537 e. The standard InChI is InChI=1S/C26H37N3O3Si/c1-6-30-33(31-7-2,32-8-3)26-19(4)15-23(16-20(26)5)27-28-24-17-21-11-9-13-29-14-10-12-22(18-24)25(21)29/h15-18H,6-14H2,1-5H3/b28-27+. The van der Waals surface area contributed by atoms with Crippen molar-refractivity contribution in [3.8, 4) is 0 Å². The minimum absolute atomic E-state index is 0.546. The van der Waals surface area contributed by atoms with Crippen molar-refractivity contribution < 1.29 is 13.3 Å². The fraction of sp³-hybridized carbons (Fsp3) is 0.538. The fourth-order valence-corrected chi connectivity index (χ4v) is 8.28. The Labute approximate surface area is 199 Å². The number of benzene rings is 2. The van der Waals surface area contributed by atoms with Crippen molar-refractivity contribution in [1.82, 2.24) is 0 Å². The van der Waals surface area contributed by atoms with Crippen molar-refractivity contribution in [2.75, 3.05) is 37.8 Å². The van der Waals surface area contributed by atoms with Crippen LogP contribution in [0.4, 0.5) is 17.1 Å². The molecular weight excluding hydrogens is 430 g/mol. The van der Waals surface area contributed by atoms with E-state index in [2.05, 4.69) is 53.2 Å². The van der Waals surface area contributed by atoms with Crippen LogP contribution in [0.1, 0.15) is 55.9 Å². The van der Waals surface area contributed by atoms with E-state index in [1.165, 1.54) is 42.7 Å². The van der Waals surface area contributed by atoms with Gasteiger partial charge in [0.2, 0.25) is 0 Å². The normalized spacial score (nSPS) is 15.8. The zero-order valence-electron chi connectivity index (χ0n) is 20.7. The zero-order valence-corrected chi connectivity index (χ0v) is 21.7. The van der Waals surface area contributed by atoms with E-state index in [0.29, 0.717) is 19.8 Å². The molecule has 2 aliphatic rings. The second-order valence-corrected chi connectivity index (χ2v) is 11.3. The minimum atomic E-state index is -2.98. The van der Waals surface area contributed by atoms with Gasteiger partial charge in [0.05, 0.1) is 11.4 Å². The van der Waals surface area contributed by atoms with E-state index < -0.39 is 8.80 Å². The maximum atomic E-state index is 6.16. The monoisotopic (exact) mass is 467 g/mol. The van der Waals surface area contributed by atoms with E-state index in [0.717, 1.165) is 40.5 Å². The zero-order chi connectivity index (χ0) is 23.4. The number of rotatable bonds is 9. The summed E-state index contributed by atoms with van der Waals surface area (Å²) in [6.07, 6.45) is 4.71. The molecule has 0 aromatic heterocycles. The number of hydrogen-bond donors (Lipinski definition) is 0. The van der Waals surface area contributed by atoms with Gasteiger partial charge in [0, 0.05) is 43.8 Å². The molecule has 0 unspecified atom stereocenters. The largest absolute Gasteiger partial charge is 0.537 e. The number of azo groups is 1. The lowest BCUT2D eigenvalue weighted by Gasteiger charge is -2.36. The van der Waals surface area contributed by atoms with Crippen LogP contribution in [0.2, 0.25) is 0 Å². The van der Waals surface area contributed by atoms with Gasteiger partial charge < -0.3 is 18.2 Å². The lowest BCUT2D eigenvalue weighted by molar-refractivity contribution is 0.0857. The molecule has 33 heavy (non-hydrogen) atoms. The Kier molecular flexibility index (Phi) is 7.64. The lowest BCUT2D eigenvalue weighted by atomic mass is 9.91. The van der Waals surface area contributed by atoms with Crippen LogP contribution in [0.5, 0.6) is 0 Å². The molecule has 6 nitrogen and oxygen atoms in total. The van der Waals surface area contributed by atoms with Crippen LogP contribution in [-0.4, -0.2) is 41.7 Å². The lowest BCUT2D eigenvalue weighted by Crippen LogP contribution is -2.58. The third kappa shape index (κ3) is 4.92. The van der Waals surface area contributed by atoms with Crippen LogP contribution in [0.15, 0.2) is 34.5 Å². The molecular formula is C26H37N3O3Si. The third-order valence-corrected chi connectivity index (χ3v) is 9.83. The molecule has 0 N–H and O–H groups in total. The average Bonchev–Trinajstić information content (AvgIpc) is 2.78.